The number of carbonyl (C=O) groups is 1. The molecule has 0 saturated carbocycles. The minimum Gasteiger partial charge on any atom is -0.478 e. The van der Waals surface area contributed by atoms with E-state index in [1.165, 1.54) is 0 Å². The second-order valence-corrected chi connectivity index (χ2v) is 6.68. The van der Waals surface area contributed by atoms with E-state index in [4.69, 9.17) is 10.4 Å². The van der Waals surface area contributed by atoms with Crippen LogP contribution >= 0.6 is 0 Å². The van der Waals surface area contributed by atoms with Crippen molar-refractivity contribution in [1.29, 1.82) is 5.26 Å². The van der Waals surface area contributed by atoms with Gasteiger partial charge < -0.3 is 15.1 Å². The highest BCUT2D eigenvalue weighted by Crippen LogP contribution is 2.25. The molecule has 0 bridgehead atoms. The number of hydrogen-bond acceptors (Lipinski definition) is 2. The highest BCUT2D eigenvalue weighted by atomic mass is 16.4. The SMILES string of the molecule is Cc1c(C#N)cc(C)c2[nH]ccc12.Cc1c(C(=O)O)cc(C)c2[nH]ccc12. The first-order valence-electron chi connectivity index (χ1n) is 8.63. The predicted octanol–water partition coefficient (Wildman–Crippen LogP) is 5.14. The number of carboxylic acids is 1. The summed E-state index contributed by atoms with van der Waals surface area (Å²) in [6.07, 6.45) is 3.74. The molecule has 5 nitrogen and oxygen atoms in total. The maximum atomic E-state index is 10.9. The molecule has 0 amide bonds. The van der Waals surface area contributed by atoms with Crippen molar-refractivity contribution < 1.29 is 9.90 Å². The van der Waals surface area contributed by atoms with Crippen LogP contribution in [0.25, 0.3) is 21.8 Å². The van der Waals surface area contributed by atoms with E-state index < -0.39 is 5.97 Å². The van der Waals surface area contributed by atoms with Crippen LogP contribution in [-0.4, -0.2) is 21.0 Å². The first-order valence-corrected chi connectivity index (χ1v) is 8.63. The molecular formula is C22H21N3O2. The van der Waals surface area contributed by atoms with Gasteiger partial charge in [-0.1, -0.05) is 0 Å². The number of aryl methyl sites for hydroxylation is 4. The topological polar surface area (TPSA) is 92.7 Å². The van der Waals surface area contributed by atoms with Crippen LogP contribution in [-0.2, 0) is 0 Å². The molecule has 0 saturated heterocycles. The number of aromatic carboxylic acids is 1. The van der Waals surface area contributed by atoms with Crippen LogP contribution in [0.3, 0.4) is 0 Å². The Kier molecular flexibility index (Phi) is 4.74. The molecule has 0 spiro atoms. The van der Waals surface area contributed by atoms with Gasteiger partial charge in [0.15, 0.2) is 0 Å². The van der Waals surface area contributed by atoms with Gasteiger partial charge in [0.05, 0.1) is 17.2 Å². The molecule has 0 aliphatic rings. The van der Waals surface area contributed by atoms with Gasteiger partial charge in [0.2, 0.25) is 0 Å². The monoisotopic (exact) mass is 359 g/mol. The molecule has 136 valence electrons. The van der Waals surface area contributed by atoms with Gasteiger partial charge in [0.25, 0.3) is 0 Å². The average Bonchev–Trinajstić information content (AvgIpc) is 3.31. The standard InChI is InChI=1S/C11H10N2.C11H11NO2/c1-7-5-9(6-12)8(2)10-3-4-13-11(7)10;1-6-5-9(11(13)14)7(2)8-3-4-12-10(6)8/h3-5,13H,1-2H3;3-5,12H,1-2H3,(H,13,14). The zero-order chi connectivity index (χ0) is 19.7. The number of hydrogen-bond donors (Lipinski definition) is 3. The van der Waals surface area contributed by atoms with Crippen LogP contribution in [0.15, 0.2) is 36.7 Å². The van der Waals surface area contributed by atoms with E-state index >= 15 is 0 Å². The Labute approximate surface area is 157 Å². The van der Waals surface area contributed by atoms with Crippen LogP contribution in [0.1, 0.15) is 38.2 Å². The second kappa shape index (κ2) is 7.00. The maximum absolute atomic E-state index is 10.9. The van der Waals surface area contributed by atoms with Gasteiger partial charge >= 0.3 is 5.97 Å². The van der Waals surface area contributed by atoms with Crippen molar-refractivity contribution in [2.75, 3.05) is 0 Å². The molecular weight excluding hydrogens is 338 g/mol. The molecule has 0 aliphatic carbocycles. The van der Waals surface area contributed by atoms with Gasteiger partial charge in [-0.05, 0) is 74.2 Å². The van der Waals surface area contributed by atoms with Crippen molar-refractivity contribution in [2.24, 2.45) is 0 Å². The molecule has 0 unspecified atom stereocenters. The summed E-state index contributed by atoms with van der Waals surface area (Å²) < 4.78 is 0. The summed E-state index contributed by atoms with van der Waals surface area (Å²) in [6.45, 7) is 7.73. The van der Waals surface area contributed by atoms with E-state index in [2.05, 4.69) is 16.0 Å². The number of aromatic nitrogens is 2. The lowest BCUT2D eigenvalue weighted by Gasteiger charge is -2.05. The third-order valence-corrected chi connectivity index (χ3v) is 4.97. The Morgan fingerprint density at radius 2 is 1.44 bits per heavy atom. The zero-order valence-electron chi connectivity index (χ0n) is 15.8. The fourth-order valence-electron chi connectivity index (χ4n) is 3.44. The van der Waals surface area contributed by atoms with Gasteiger partial charge in [-0.25, -0.2) is 4.79 Å². The van der Waals surface area contributed by atoms with Gasteiger partial charge in [-0.15, -0.1) is 0 Å². The Morgan fingerprint density at radius 3 is 1.96 bits per heavy atom. The zero-order valence-corrected chi connectivity index (χ0v) is 15.8. The number of fused-ring (bicyclic) bond motifs is 2. The number of nitrogens with zero attached hydrogens (tertiary/aromatic N) is 1. The van der Waals surface area contributed by atoms with E-state index in [0.29, 0.717) is 5.56 Å². The van der Waals surface area contributed by atoms with Crippen molar-refractivity contribution in [3.63, 3.8) is 0 Å². The molecule has 5 heteroatoms. The molecule has 2 aromatic heterocycles. The highest BCUT2D eigenvalue weighted by Gasteiger charge is 2.12. The van der Waals surface area contributed by atoms with Crippen LogP contribution in [0.2, 0.25) is 0 Å². The summed E-state index contributed by atoms with van der Waals surface area (Å²) in [4.78, 5) is 17.2. The fourth-order valence-corrected chi connectivity index (χ4v) is 3.44. The number of carboxylic acid groups (broad SMARTS) is 1. The summed E-state index contributed by atoms with van der Waals surface area (Å²) in [5.41, 5.74) is 7.28. The van der Waals surface area contributed by atoms with Gasteiger partial charge in [0, 0.05) is 34.2 Å². The maximum Gasteiger partial charge on any atom is 0.335 e. The summed E-state index contributed by atoms with van der Waals surface area (Å²) in [5.74, 6) is -0.867. The largest absolute Gasteiger partial charge is 0.478 e. The van der Waals surface area contributed by atoms with Crippen molar-refractivity contribution >= 4 is 27.8 Å². The van der Waals surface area contributed by atoms with E-state index in [1.807, 2.05) is 58.3 Å². The Morgan fingerprint density at radius 1 is 0.926 bits per heavy atom. The summed E-state index contributed by atoms with van der Waals surface area (Å²) in [7, 11) is 0. The lowest BCUT2D eigenvalue weighted by atomic mass is 10.0. The van der Waals surface area contributed by atoms with Crippen LogP contribution < -0.4 is 0 Å². The lowest BCUT2D eigenvalue weighted by molar-refractivity contribution is 0.0696. The van der Waals surface area contributed by atoms with E-state index in [9.17, 15) is 4.79 Å². The summed E-state index contributed by atoms with van der Waals surface area (Å²) in [6, 6.07) is 9.75. The molecule has 3 N–H and O–H groups in total. The lowest BCUT2D eigenvalue weighted by Crippen LogP contribution is -2.00. The number of nitrogens with one attached hydrogen (secondary N) is 2. The van der Waals surface area contributed by atoms with Crippen molar-refractivity contribution in [3.05, 3.63) is 70.0 Å². The van der Waals surface area contributed by atoms with E-state index in [0.717, 1.165) is 49.6 Å². The third kappa shape index (κ3) is 3.18. The molecule has 0 aliphatic heterocycles. The smallest absolute Gasteiger partial charge is 0.335 e. The Bertz CT molecular complexity index is 1210. The van der Waals surface area contributed by atoms with Crippen LogP contribution in [0.4, 0.5) is 0 Å². The Balaban J connectivity index is 0.000000156. The van der Waals surface area contributed by atoms with Gasteiger partial charge in [-0.3, -0.25) is 0 Å². The third-order valence-electron chi connectivity index (χ3n) is 4.97. The molecule has 4 aromatic rings. The summed E-state index contributed by atoms with van der Waals surface area (Å²) >= 11 is 0. The molecule has 0 fully saturated rings. The van der Waals surface area contributed by atoms with E-state index in [1.54, 1.807) is 6.07 Å². The molecule has 4 rings (SSSR count). The quantitative estimate of drug-likeness (QED) is 0.439. The first kappa shape index (κ1) is 18.3. The van der Waals surface area contributed by atoms with Crippen LogP contribution in [0, 0.1) is 39.0 Å². The fraction of sp³-hybridized carbons (Fsp3) is 0.182. The van der Waals surface area contributed by atoms with Crippen LogP contribution in [0.5, 0.6) is 0 Å². The minimum absolute atomic E-state index is 0.384. The summed E-state index contributed by atoms with van der Waals surface area (Å²) in [5, 5.41) is 20.0. The molecule has 2 heterocycles. The number of benzene rings is 2. The van der Waals surface area contributed by atoms with Crippen molar-refractivity contribution in [2.45, 2.75) is 27.7 Å². The van der Waals surface area contributed by atoms with E-state index in [-0.39, 0.29) is 0 Å². The van der Waals surface area contributed by atoms with Crippen molar-refractivity contribution in [3.8, 4) is 6.07 Å². The Hall–Kier alpha value is -3.52. The van der Waals surface area contributed by atoms with Crippen molar-refractivity contribution in [1.82, 2.24) is 9.97 Å². The molecule has 0 atom stereocenters. The molecule has 27 heavy (non-hydrogen) atoms. The minimum atomic E-state index is -0.867. The van der Waals surface area contributed by atoms with Gasteiger partial charge in [-0.2, -0.15) is 5.26 Å². The first-order chi connectivity index (χ1) is 12.8. The van der Waals surface area contributed by atoms with Gasteiger partial charge in [0.1, 0.15) is 0 Å². The number of nitriles is 1. The number of aromatic amines is 2. The second-order valence-electron chi connectivity index (χ2n) is 6.68. The average molecular weight is 359 g/mol. The number of rotatable bonds is 1. The highest BCUT2D eigenvalue weighted by molar-refractivity contribution is 5.98. The molecule has 0 radical (unpaired) electrons. The molecule has 2 aromatic carbocycles. The number of H-pyrrole nitrogens is 2. The normalized spacial score (nSPS) is 10.5. The predicted molar refractivity (Wildman–Crippen MR) is 107 cm³/mol.